The number of allylic oxidation sites excluding steroid dienone is 4. The highest BCUT2D eigenvalue weighted by Crippen LogP contribution is 2.35. The topological polar surface area (TPSA) is 0 Å². The van der Waals surface area contributed by atoms with Crippen LogP contribution in [0, 0.1) is 13.8 Å². The second-order valence-electron chi connectivity index (χ2n) is 10.4. The van der Waals surface area contributed by atoms with Crippen molar-refractivity contribution in [3.63, 3.8) is 0 Å². The van der Waals surface area contributed by atoms with E-state index in [1.54, 1.807) is 0 Å². The van der Waals surface area contributed by atoms with Crippen molar-refractivity contribution in [2.75, 3.05) is 0 Å². The summed E-state index contributed by atoms with van der Waals surface area (Å²) in [5.41, 5.74) is 12.7. The van der Waals surface area contributed by atoms with Crippen LogP contribution in [0.25, 0.3) is 21.9 Å². The van der Waals surface area contributed by atoms with E-state index in [1.165, 1.54) is 44.2 Å². The first-order valence-electron chi connectivity index (χ1n) is 14.5. The van der Waals surface area contributed by atoms with Crippen LogP contribution in [-0.4, -0.2) is 0 Å². The summed E-state index contributed by atoms with van der Waals surface area (Å²) in [4.78, 5) is 0. The Morgan fingerprint density at radius 1 is 0.571 bits per heavy atom. The van der Waals surface area contributed by atoms with E-state index in [0.29, 0.717) is 0 Å². The van der Waals surface area contributed by atoms with Crippen molar-refractivity contribution in [2.45, 2.75) is 27.2 Å². The summed E-state index contributed by atoms with van der Waals surface area (Å²) in [7, 11) is 0. The van der Waals surface area contributed by atoms with E-state index in [0.717, 1.165) is 34.3 Å². The third kappa shape index (κ3) is 6.67. The first-order chi connectivity index (χ1) is 20.5. The molecule has 0 aliphatic carbocycles. The lowest BCUT2D eigenvalue weighted by atomic mass is 9.87. The second kappa shape index (κ2) is 14.1. The Morgan fingerprint density at radius 2 is 1.14 bits per heavy atom. The molecule has 5 rings (SSSR count). The molecule has 208 valence electrons. The predicted molar refractivity (Wildman–Crippen MR) is 186 cm³/mol. The van der Waals surface area contributed by atoms with Gasteiger partial charge in [-0.15, -0.1) is 13.2 Å². The van der Waals surface area contributed by atoms with Crippen LogP contribution >= 0.6 is 0 Å². The van der Waals surface area contributed by atoms with E-state index in [-0.39, 0.29) is 0 Å². The van der Waals surface area contributed by atoms with E-state index in [1.807, 2.05) is 0 Å². The molecule has 42 heavy (non-hydrogen) atoms. The molecule has 0 nitrogen and oxygen atoms in total. The lowest BCUT2D eigenvalue weighted by Gasteiger charge is -2.17. The van der Waals surface area contributed by atoms with Crippen molar-refractivity contribution >= 4 is 21.9 Å². The SMILES string of the molecule is C=C.C=C(/C=C(/c1ccccc1)c1ccccc1C)C(=C)/C=C(/c1ccc(CC)cc1)c1c(C)ccc2ccccc12. The quantitative estimate of drug-likeness (QED) is 0.135. The fourth-order valence-electron chi connectivity index (χ4n) is 5.30. The molecule has 0 aliphatic rings. The summed E-state index contributed by atoms with van der Waals surface area (Å²) in [6.07, 6.45) is 5.42. The molecule has 0 bridgehead atoms. The monoisotopic (exact) mass is 544 g/mol. The Hall–Kier alpha value is -4.94. The minimum atomic E-state index is 0.891. The largest absolute Gasteiger partial charge is 0.106 e. The normalized spacial score (nSPS) is 11.5. The van der Waals surface area contributed by atoms with Gasteiger partial charge in [0.1, 0.15) is 0 Å². The Balaban J connectivity index is 0.00000198. The van der Waals surface area contributed by atoms with Gasteiger partial charge in [0.2, 0.25) is 0 Å². The van der Waals surface area contributed by atoms with Crippen LogP contribution in [0.2, 0.25) is 0 Å². The molecule has 0 unspecified atom stereocenters. The van der Waals surface area contributed by atoms with E-state index in [9.17, 15) is 0 Å². The van der Waals surface area contributed by atoms with Gasteiger partial charge in [0.25, 0.3) is 0 Å². The summed E-state index contributed by atoms with van der Waals surface area (Å²) in [5, 5.41) is 2.47. The standard InChI is InChI=1S/C40H36.C2H4/c1-6-32-21-24-35(25-22-32)39(40-29(3)20-23-34-17-11-13-19-37(34)40)27-31(5)30(4)26-38(33-15-8-7-9-16-33)36-18-12-10-14-28(36)2;1-2/h7-27H,4-6H2,1-3H3;1-2H2/b38-26-,39-27-;. The summed E-state index contributed by atoms with van der Waals surface area (Å²) < 4.78 is 0. The predicted octanol–water partition coefficient (Wildman–Crippen LogP) is 11.5. The maximum Gasteiger partial charge on any atom is -0.00699 e. The third-order valence-electron chi connectivity index (χ3n) is 7.65. The number of fused-ring (bicyclic) bond motifs is 1. The molecule has 5 aromatic rings. The molecule has 0 saturated heterocycles. The highest BCUT2D eigenvalue weighted by atomic mass is 14.2. The van der Waals surface area contributed by atoms with Crippen molar-refractivity contribution in [1.82, 2.24) is 0 Å². The van der Waals surface area contributed by atoms with Crippen molar-refractivity contribution in [2.24, 2.45) is 0 Å². The van der Waals surface area contributed by atoms with Gasteiger partial charge < -0.3 is 0 Å². The van der Waals surface area contributed by atoms with Crippen LogP contribution in [0.1, 0.15) is 45.9 Å². The Kier molecular flexibility index (Phi) is 10.1. The van der Waals surface area contributed by atoms with Gasteiger partial charge in [-0.3, -0.25) is 0 Å². The molecule has 0 radical (unpaired) electrons. The maximum absolute atomic E-state index is 4.53. The van der Waals surface area contributed by atoms with E-state index >= 15 is 0 Å². The minimum Gasteiger partial charge on any atom is -0.106 e. The van der Waals surface area contributed by atoms with Gasteiger partial charge in [0.15, 0.2) is 0 Å². The zero-order valence-corrected chi connectivity index (χ0v) is 25.2. The van der Waals surface area contributed by atoms with Crippen LogP contribution in [0.3, 0.4) is 0 Å². The van der Waals surface area contributed by atoms with Gasteiger partial charge in [-0.25, -0.2) is 0 Å². The molecular weight excluding hydrogens is 504 g/mol. The van der Waals surface area contributed by atoms with E-state index < -0.39 is 0 Å². The van der Waals surface area contributed by atoms with Crippen LogP contribution < -0.4 is 0 Å². The first-order valence-corrected chi connectivity index (χ1v) is 14.5. The van der Waals surface area contributed by atoms with Crippen molar-refractivity contribution < 1.29 is 0 Å². The molecule has 0 heterocycles. The van der Waals surface area contributed by atoms with Crippen molar-refractivity contribution in [3.05, 3.63) is 204 Å². The van der Waals surface area contributed by atoms with Gasteiger partial charge >= 0.3 is 0 Å². The lowest BCUT2D eigenvalue weighted by Crippen LogP contribution is -1.97. The van der Waals surface area contributed by atoms with Gasteiger partial charge in [-0.1, -0.05) is 135 Å². The Bertz CT molecular complexity index is 1760. The number of hydrogen-bond donors (Lipinski definition) is 0. The summed E-state index contributed by atoms with van der Waals surface area (Å²) in [6.45, 7) is 21.6. The number of hydrogen-bond acceptors (Lipinski definition) is 0. The molecule has 0 heteroatoms. The molecule has 0 atom stereocenters. The van der Waals surface area contributed by atoms with Crippen LogP contribution in [0.15, 0.2) is 165 Å². The summed E-state index contributed by atoms with van der Waals surface area (Å²) >= 11 is 0. The van der Waals surface area contributed by atoms with Crippen LogP contribution in [0.5, 0.6) is 0 Å². The Morgan fingerprint density at radius 3 is 1.81 bits per heavy atom. The number of benzene rings is 5. The second-order valence-corrected chi connectivity index (χ2v) is 10.4. The Labute approximate surface area is 252 Å². The molecule has 0 spiro atoms. The zero-order valence-electron chi connectivity index (χ0n) is 25.2. The molecule has 0 aliphatic heterocycles. The summed E-state index contributed by atoms with van der Waals surface area (Å²) in [5.74, 6) is 0. The van der Waals surface area contributed by atoms with Gasteiger partial charge in [0.05, 0.1) is 0 Å². The number of rotatable bonds is 8. The molecule has 0 fully saturated rings. The smallest absolute Gasteiger partial charge is 0.00699 e. The highest BCUT2D eigenvalue weighted by Gasteiger charge is 2.14. The van der Waals surface area contributed by atoms with Crippen molar-refractivity contribution in [1.29, 1.82) is 0 Å². The highest BCUT2D eigenvalue weighted by molar-refractivity contribution is 6.00. The maximum atomic E-state index is 4.53. The third-order valence-corrected chi connectivity index (χ3v) is 7.65. The minimum absolute atomic E-state index is 0.891. The molecule has 0 N–H and O–H groups in total. The van der Waals surface area contributed by atoms with Gasteiger partial charge in [-0.05, 0) is 104 Å². The van der Waals surface area contributed by atoms with E-state index in [4.69, 9.17) is 0 Å². The fraction of sp³-hybridized carbons (Fsp3) is 0.0952. The molecule has 0 aromatic heterocycles. The van der Waals surface area contributed by atoms with E-state index in [2.05, 4.69) is 174 Å². The van der Waals surface area contributed by atoms with Crippen LogP contribution in [0.4, 0.5) is 0 Å². The molecule has 5 aromatic carbocycles. The van der Waals surface area contributed by atoms with Crippen molar-refractivity contribution in [3.8, 4) is 0 Å². The molecule has 0 saturated carbocycles. The lowest BCUT2D eigenvalue weighted by molar-refractivity contribution is 1.14. The molecule has 0 amide bonds. The fourth-order valence-corrected chi connectivity index (χ4v) is 5.30. The average molecular weight is 545 g/mol. The number of aryl methyl sites for hydroxylation is 3. The summed E-state index contributed by atoms with van der Waals surface area (Å²) in [6, 6.07) is 41.0. The van der Waals surface area contributed by atoms with Gasteiger partial charge in [-0.2, -0.15) is 0 Å². The van der Waals surface area contributed by atoms with Crippen LogP contribution in [-0.2, 0) is 6.42 Å². The first kappa shape index (κ1) is 30.0. The van der Waals surface area contributed by atoms with Gasteiger partial charge in [0, 0.05) is 0 Å². The average Bonchev–Trinajstić information content (AvgIpc) is 3.04. The molecular formula is C42H40. The zero-order chi connectivity index (χ0) is 30.1.